The quantitative estimate of drug-likeness (QED) is 0.502. The largest absolute Gasteiger partial charge is 0.445 e. The number of hydrogen-bond acceptors (Lipinski definition) is 5. The predicted octanol–water partition coefficient (Wildman–Crippen LogP) is 2.70. The number of ketones is 1. The van der Waals surface area contributed by atoms with Crippen LogP contribution in [-0.2, 0) is 11.3 Å². The summed E-state index contributed by atoms with van der Waals surface area (Å²) in [4.78, 5) is 33.4. The van der Waals surface area contributed by atoms with E-state index in [1.165, 1.54) is 24.3 Å². The van der Waals surface area contributed by atoms with E-state index < -0.39 is 11.0 Å². The van der Waals surface area contributed by atoms with Crippen LogP contribution < -0.4 is 5.32 Å². The van der Waals surface area contributed by atoms with Crippen LogP contribution in [-0.4, -0.2) is 23.3 Å². The summed E-state index contributed by atoms with van der Waals surface area (Å²) in [6.07, 6.45) is -0.705. The second-order valence-electron chi connectivity index (χ2n) is 4.64. The minimum Gasteiger partial charge on any atom is -0.445 e. The van der Waals surface area contributed by atoms with E-state index in [0.29, 0.717) is 0 Å². The van der Waals surface area contributed by atoms with E-state index in [9.17, 15) is 19.7 Å². The average molecular weight is 314 g/mol. The molecule has 0 aromatic heterocycles. The van der Waals surface area contributed by atoms with Gasteiger partial charge in [-0.3, -0.25) is 14.9 Å². The molecule has 0 fully saturated rings. The number of ether oxygens (including phenoxy) is 1. The summed E-state index contributed by atoms with van der Waals surface area (Å²) in [6.45, 7) is -0.135. The van der Waals surface area contributed by atoms with E-state index in [4.69, 9.17) is 4.74 Å². The summed E-state index contributed by atoms with van der Waals surface area (Å²) in [6, 6.07) is 14.3. The first kappa shape index (κ1) is 16.2. The highest BCUT2D eigenvalue weighted by Crippen LogP contribution is 2.12. The van der Waals surface area contributed by atoms with Crippen LogP contribution in [0, 0.1) is 10.1 Å². The minimum atomic E-state index is -0.705. The van der Waals surface area contributed by atoms with Gasteiger partial charge in [-0.2, -0.15) is 0 Å². The fourth-order valence-corrected chi connectivity index (χ4v) is 1.80. The third-order valence-corrected chi connectivity index (χ3v) is 3.01. The van der Waals surface area contributed by atoms with Crippen molar-refractivity contribution in [1.82, 2.24) is 5.32 Å². The zero-order valence-corrected chi connectivity index (χ0v) is 12.1. The molecule has 0 saturated carbocycles. The van der Waals surface area contributed by atoms with E-state index in [2.05, 4.69) is 5.32 Å². The van der Waals surface area contributed by atoms with Gasteiger partial charge in [0.05, 0.1) is 11.5 Å². The Bertz CT molecular complexity index is 698. The van der Waals surface area contributed by atoms with E-state index in [1.807, 2.05) is 30.3 Å². The van der Waals surface area contributed by atoms with Crippen LogP contribution in [0.25, 0.3) is 0 Å². The number of rotatable bonds is 6. The maximum absolute atomic E-state index is 11.9. The second kappa shape index (κ2) is 7.69. The summed E-state index contributed by atoms with van der Waals surface area (Å²) >= 11 is 0. The molecule has 1 N–H and O–H groups in total. The molecule has 118 valence electrons. The highest BCUT2D eigenvalue weighted by molar-refractivity contribution is 5.99. The maximum atomic E-state index is 11.9. The summed E-state index contributed by atoms with van der Waals surface area (Å²) in [5, 5.41) is 12.9. The van der Waals surface area contributed by atoms with Gasteiger partial charge in [0.2, 0.25) is 0 Å². The number of non-ortho nitro benzene ring substituents is 1. The molecule has 0 radical (unpaired) electrons. The lowest BCUT2D eigenvalue weighted by Crippen LogP contribution is -2.30. The lowest BCUT2D eigenvalue weighted by molar-refractivity contribution is -0.384. The Kier molecular flexibility index (Phi) is 5.40. The van der Waals surface area contributed by atoms with Crippen LogP contribution in [0.3, 0.4) is 0 Å². The minimum absolute atomic E-state index is 0.100. The molecule has 7 heteroatoms. The first-order valence-electron chi connectivity index (χ1n) is 6.78. The number of amides is 1. The molecule has 0 aliphatic carbocycles. The number of nitrogens with zero attached hydrogens (tertiary/aromatic N) is 1. The number of carbonyl (C=O) groups excluding carboxylic acids is 2. The molecule has 1 amide bonds. The normalized spacial score (nSPS) is 9.91. The number of nitrogens with one attached hydrogen (secondary N) is 1. The van der Waals surface area contributed by atoms with Gasteiger partial charge >= 0.3 is 6.09 Å². The molecule has 2 aromatic carbocycles. The van der Waals surface area contributed by atoms with Crippen molar-refractivity contribution in [2.45, 2.75) is 6.61 Å². The van der Waals surface area contributed by atoms with Gasteiger partial charge < -0.3 is 10.1 Å². The van der Waals surface area contributed by atoms with Crippen LogP contribution in [0.1, 0.15) is 15.9 Å². The fourth-order valence-electron chi connectivity index (χ4n) is 1.80. The molecule has 23 heavy (non-hydrogen) atoms. The Labute approximate surface area is 132 Å². The van der Waals surface area contributed by atoms with Crippen molar-refractivity contribution in [1.29, 1.82) is 0 Å². The summed E-state index contributed by atoms with van der Waals surface area (Å²) in [7, 11) is 0. The number of nitro benzene ring substituents is 1. The molecule has 2 aromatic rings. The highest BCUT2D eigenvalue weighted by atomic mass is 16.6. The van der Waals surface area contributed by atoms with Gasteiger partial charge in [0.25, 0.3) is 5.69 Å². The van der Waals surface area contributed by atoms with E-state index in [-0.39, 0.29) is 30.2 Å². The zero-order valence-electron chi connectivity index (χ0n) is 12.1. The molecule has 0 unspecified atom stereocenters. The molecular weight excluding hydrogens is 300 g/mol. The molecule has 0 aliphatic heterocycles. The number of hydrogen-bond donors (Lipinski definition) is 1. The fraction of sp³-hybridized carbons (Fsp3) is 0.125. The monoisotopic (exact) mass is 314 g/mol. The van der Waals surface area contributed by atoms with E-state index >= 15 is 0 Å². The van der Waals surface area contributed by atoms with Crippen LogP contribution in [0.5, 0.6) is 0 Å². The number of carbonyl (C=O) groups is 2. The van der Waals surface area contributed by atoms with Gasteiger partial charge in [0, 0.05) is 17.7 Å². The summed E-state index contributed by atoms with van der Waals surface area (Å²) in [5.74, 6) is -0.364. The van der Waals surface area contributed by atoms with Crippen molar-refractivity contribution in [3.8, 4) is 0 Å². The lowest BCUT2D eigenvalue weighted by Gasteiger charge is -2.06. The Balaban J connectivity index is 1.79. The predicted molar refractivity (Wildman–Crippen MR) is 82.1 cm³/mol. The zero-order chi connectivity index (χ0) is 16.7. The topological polar surface area (TPSA) is 98.5 Å². The number of benzene rings is 2. The molecule has 0 atom stereocenters. The Morgan fingerprint density at radius 1 is 1.04 bits per heavy atom. The van der Waals surface area contributed by atoms with Crippen LogP contribution in [0.15, 0.2) is 54.6 Å². The van der Waals surface area contributed by atoms with Gasteiger partial charge in [-0.1, -0.05) is 30.3 Å². The Morgan fingerprint density at radius 3 is 2.30 bits per heavy atom. The maximum Gasteiger partial charge on any atom is 0.407 e. The standard InChI is InChI=1S/C16H14N2O5/c19-15(13-6-8-14(9-7-13)18(21)22)10-17-16(20)23-11-12-4-2-1-3-5-12/h1-9H,10-11H2,(H,17,20). The Hall–Kier alpha value is -3.22. The third-order valence-electron chi connectivity index (χ3n) is 3.01. The molecule has 0 bridgehead atoms. The van der Waals surface area contributed by atoms with Crippen molar-refractivity contribution < 1.29 is 19.2 Å². The van der Waals surface area contributed by atoms with Gasteiger partial charge in [0.1, 0.15) is 6.61 Å². The van der Waals surface area contributed by atoms with Gasteiger partial charge in [0.15, 0.2) is 5.78 Å². The molecule has 2 rings (SSSR count). The highest BCUT2D eigenvalue weighted by Gasteiger charge is 2.11. The van der Waals surface area contributed by atoms with Crippen molar-refractivity contribution in [3.63, 3.8) is 0 Å². The number of Topliss-reactive ketones (excluding diaryl/α,β-unsaturated/α-hetero) is 1. The van der Waals surface area contributed by atoms with E-state index in [0.717, 1.165) is 5.56 Å². The smallest absolute Gasteiger partial charge is 0.407 e. The molecule has 7 nitrogen and oxygen atoms in total. The molecule has 0 saturated heterocycles. The van der Waals surface area contributed by atoms with Crippen molar-refractivity contribution >= 4 is 17.6 Å². The van der Waals surface area contributed by atoms with E-state index in [1.54, 1.807) is 0 Å². The third kappa shape index (κ3) is 4.92. The van der Waals surface area contributed by atoms with Crippen molar-refractivity contribution in [3.05, 3.63) is 75.8 Å². The number of nitro groups is 1. The van der Waals surface area contributed by atoms with Crippen molar-refractivity contribution in [2.24, 2.45) is 0 Å². The molecular formula is C16H14N2O5. The van der Waals surface area contributed by atoms with Crippen LogP contribution >= 0.6 is 0 Å². The van der Waals surface area contributed by atoms with Gasteiger partial charge in [-0.15, -0.1) is 0 Å². The van der Waals surface area contributed by atoms with Crippen LogP contribution in [0.2, 0.25) is 0 Å². The SMILES string of the molecule is O=C(NCC(=O)c1ccc([N+](=O)[O-])cc1)OCc1ccccc1. The average Bonchev–Trinajstić information content (AvgIpc) is 2.58. The molecule has 0 spiro atoms. The second-order valence-corrected chi connectivity index (χ2v) is 4.64. The Morgan fingerprint density at radius 2 is 1.70 bits per heavy atom. The first-order valence-corrected chi connectivity index (χ1v) is 6.78. The molecule has 0 heterocycles. The summed E-state index contributed by atoms with van der Waals surface area (Å²) < 4.78 is 4.97. The lowest BCUT2D eigenvalue weighted by atomic mass is 10.1. The molecule has 0 aliphatic rings. The van der Waals surface area contributed by atoms with Gasteiger partial charge in [-0.25, -0.2) is 4.79 Å². The first-order chi connectivity index (χ1) is 11.1. The summed E-state index contributed by atoms with van der Waals surface area (Å²) in [5.41, 5.74) is 1.01. The number of alkyl carbamates (subject to hydrolysis) is 1. The van der Waals surface area contributed by atoms with Crippen molar-refractivity contribution in [2.75, 3.05) is 6.54 Å². The van der Waals surface area contributed by atoms with Crippen LogP contribution in [0.4, 0.5) is 10.5 Å². The van der Waals surface area contributed by atoms with Gasteiger partial charge in [-0.05, 0) is 17.7 Å².